The molecular formula is C34H37FN8O3. The number of aromatic nitrogens is 4. The molecule has 11 nitrogen and oxygen atoms in total. The van der Waals surface area contributed by atoms with Gasteiger partial charge in [-0.05, 0) is 69.9 Å². The van der Waals surface area contributed by atoms with Crippen LogP contribution in [0, 0.1) is 17.1 Å². The highest BCUT2D eigenvalue weighted by molar-refractivity contribution is 5.99. The Hall–Kier alpha value is -4.86. The predicted molar refractivity (Wildman–Crippen MR) is 171 cm³/mol. The standard InChI is InChI=1S/C34H37FN8O3/c1-34(2,42-15-12-24(44)13-16-42)18-22(19-36)33(45)41-14-6-7-23(20-41)43-32-29(31(37)38-21-39-32)30(40-43)27-11-10-26(17-28(27)35)46-25-8-4-3-5-9-25/h3-5,8-11,17-18,21,23-24,44H,6-7,12-16,20H2,1-2H3,(H2,37,38,39)/b22-18+/t23-/m1/s1. The van der Waals surface area contributed by atoms with Gasteiger partial charge in [-0.1, -0.05) is 18.2 Å². The minimum absolute atomic E-state index is 0.0780. The molecule has 3 N–H and O–H groups in total. The van der Waals surface area contributed by atoms with Gasteiger partial charge in [0.25, 0.3) is 5.91 Å². The van der Waals surface area contributed by atoms with Crippen molar-refractivity contribution in [1.82, 2.24) is 29.5 Å². The second-order valence-corrected chi connectivity index (χ2v) is 12.4. The van der Waals surface area contributed by atoms with Crippen LogP contribution in [-0.4, -0.2) is 78.4 Å². The van der Waals surface area contributed by atoms with Crippen molar-refractivity contribution in [1.29, 1.82) is 5.26 Å². The molecule has 2 saturated heterocycles. The topological polar surface area (TPSA) is 146 Å². The van der Waals surface area contributed by atoms with Crippen LogP contribution in [-0.2, 0) is 4.79 Å². The van der Waals surface area contributed by atoms with Crippen molar-refractivity contribution >= 4 is 22.8 Å². The number of hydrogen-bond acceptors (Lipinski definition) is 9. The van der Waals surface area contributed by atoms with E-state index in [4.69, 9.17) is 15.6 Å². The van der Waals surface area contributed by atoms with Crippen LogP contribution in [0.4, 0.5) is 10.2 Å². The number of likely N-dealkylation sites (tertiary alicyclic amines) is 2. The number of halogens is 1. The Morgan fingerprint density at radius 3 is 2.59 bits per heavy atom. The summed E-state index contributed by atoms with van der Waals surface area (Å²) in [6.45, 7) is 6.12. The first-order valence-corrected chi connectivity index (χ1v) is 15.5. The fourth-order valence-electron chi connectivity index (χ4n) is 6.35. The number of fused-ring (bicyclic) bond motifs is 1. The number of anilines is 1. The monoisotopic (exact) mass is 624 g/mol. The van der Waals surface area contributed by atoms with Gasteiger partial charge in [0, 0.05) is 43.3 Å². The van der Waals surface area contributed by atoms with Gasteiger partial charge in [-0.3, -0.25) is 9.69 Å². The Morgan fingerprint density at radius 2 is 1.87 bits per heavy atom. The van der Waals surface area contributed by atoms with Gasteiger partial charge in [0.1, 0.15) is 46.8 Å². The normalized spacial score (nSPS) is 18.5. The smallest absolute Gasteiger partial charge is 0.264 e. The maximum atomic E-state index is 15.6. The second-order valence-electron chi connectivity index (χ2n) is 12.4. The van der Waals surface area contributed by atoms with E-state index in [1.54, 1.807) is 39.9 Å². The highest BCUT2D eigenvalue weighted by Gasteiger charge is 2.33. The number of nitriles is 1. The van der Waals surface area contributed by atoms with Crippen molar-refractivity contribution in [3.8, 4) is 28.8 Å². The molecule has 46 heavy (non-hydrogen) atoms. The van der Waals surface area contributed by atoms with Gasteiger partial charge in [-0.15, -0.1) is 0 Å². The Labute approximate surface area is 266 Å². The molecule has 0 spiro atoms. The van der Waals surface area contributed by atoms with E-state index in [9.17, 15) is 15.2 Å². The lowest BCUT2D eigenvalue weighted by Crippen LogP contribution is -2.48. The molecule has 1 amide bonds. The number of nitrogens with two attached hydrogens (primary N) is 1. The summed E-state index contributed by atoms with van der Waals surface area (Å²) in [5.41, 5.74) is 6.80. The van der Waals surface area contributed by atoms with Gasteiger partial charge < -0.3 is 20.5 Å². The summed E-state index contributed by atoms with van der Waals surface area (Å²) < 4.78 is 23.1. The van der Waals surface area contributed by atoms with E-state index in [0.29, 0.717) is 80.1 Å². The number of rotatable bonds is 7. The van der Waals surface area contributed by atoms with E-state index in [2.05, 4.69) is 20.9 Å². The number of aliphatic hydroxyl groups is 1. The van der Waals surface area contributed by atoms with Crippen LogP contribution in [0.15, 0.2) is 66.5 Å². The fraction of sp³-hybridized carbons (Fsp3) is 0.382. The molecule has 4 aromatic rings. The average Bonchev–Trinajstić information content (AvgIpc) is 3.45. The Kier molecular flexibility index (Phi) is 8.71. The molecular weight excluding hydrogens is 587 g/mol. The van der Waals surface area contributed by atoms with E-state index in [0.717, 1.165) is 0 Å². The summed E-state index contributed by atoms with van der Waals surface area (Å²) in [6, 6.07) is 15.5. The van der Waals surface area contributed by atoms with Crippen LogP contribution in [0.25, 0.3) is 22.3 Å². The van der Waals surface area contributed by atoms with Crippen molar-refractivity contribution < 1.29 is 19.0 Å². The number of amides is 1. The van der Waals surface area contributed by atoms with Crippen LogP contribution in [0.1, 0.15) is 45.6 Å². The quantitative estimate of drug-likeness (QED) is 0.217. The number of hydrogen-bond donors (Lipinski definition) is 2. The lowest BCUT2D eigenvalue weighted by atomic mass is 9.94. The molecule has 2 aromatic carbocycles. The highest BCUT2D eigenvalue weighted by Crippen LogP contribution is 2.36. The zero-order valence-corrected chi connectivity index (χ0v) is 25.9. The number of carbonyl (C=O) groups is 1. The predicted octanol–water partition coefficient (Wildman–Crippen LogP) is 4.86. The zero-order valence-electron chi connectivity index (χ0n) is 25.9. The maximum absolute atomic E-state index is 15.6. The summed E-state index contributed by atoms with van der Waals surface area (Å²) in [7, 11) is 0. The van der Waals surface area contributed by atoms with Crippen LogP contribution in [0.5, 0.6) is 11.5 Å². The molecule has 0 radical (unpaired) electrons. The van der Waals surface area contributed by atoms with E-state index in [1.165, 1.54) is 12.4 Å². The molecule has 2 aliphatic heterocycles. The number of para-hydroxylation sites is 1. The summed E-state index contributed by atoms with van der Waals surface area (Å²) in [5.74, 6) is 0.203. The molecule has 1 atom stereocenters. The van der Waals surface area contributed by atoms with Gasteiger partial charge in [-0.25, -0.2) is 19.0 Å². The summed E-state index contributed by atoms with van der Waals surface area (Å²) in [5, 5.41) is 25.2. The van der Waals surface area contributed by atoms with Crippen LogP contribution >= 0.6 is 0 Å². The van der Waals surface area contributed by atoms with Gasteiger partial charge >= 0.3 is 0 Å². The molecule has 2 aliphatic rings. The summed E-state index contributed by atoms with van der Waals surface area (Å²) >= 11 is 0. The largest absolute Gasteiger partial charge is 0.457 e. The van der Waals surface area contributed by atoms with E-state index < -0.39 is 11.4 Å². The third kappa shape index (κ3) is 6.29. The first kappa shape index (κ1) is 31.1. The molecule has 238 valence electrons. The third-order valence-corrected chi connectivity index (χ3v) is 8.85. The van der Waals surface area contributed by atoms with Crippen LogP contribution < -0.4 is 10.5 Å². The van der Waals surface area contributed by atoms with Gasteiger partial charge in [0.2, 0.25) is 0 Å². The number of carbonyl (C=O) groups excluding carboxylic acids is 1. The molecule has 2 fully saturated rings. The van der Waals surface area contributed by atoms with Crippen molar-refractivity contribution in [2.45, 2.75) is 57.2 Å². The summed E-state index contributed by atoms with van der Waals surface area (Å²) in [6.07, 6.45) is 5.45. The first-order valence-electron chi connectivity index (χ1n) is 15.5. The second kappa shape index (κ2) is 12.9. The molecule has 2 aromatic heterocycles. The van der Waals surface area contributed by atoms with E-state index >= 15 is 4.39 Å². The summed E-state index contributed by atoms with van der Waals surface area (Å²) in [4.78, 5) is 26.2. The lowest BCUT2D eigenvalue weighted by Gasteiger charge is -2.40. The number of nitrogens with zero attached hydrogens (tertiary/aromatic N) is 7. The zero-order chi connectivity index (χ0) is 32.4. The van der Waals surface area contributed by atoms with Crippen molar-refractivity contribution in [3.05, 3.63) is 72.3 Å². The minimum Gasteiger partial charge on any atom is -0.457 e. The Bertz CT molecular complexity index is 1810. The average molecular weight is 625 g/mol. The Morgan fingerprint density at radius 1 is 1.11 bits per heavy atom. The molecule has 12 heteroatoms. The first-order chi connectivity index (χ1) is 22.1. The van der Waals surface area contributed by atoms with E-state index in [-0.39, 0.29) is 35.0 Å². The lowest BCUT2D eigenvalue weighted by molar-refractivity contribution is -0.128. The fourth-order valence-corrected chi connectivity index (χ4v) is 6.35. The Balaban J connectivity index is 1.27. The van der Waals surface area contributed by atoms with Crippen molar-refractivity contribution in [2.75, 3.05) is 31.9 Å². The number of nitrogen functional groups attached to an aromatic ring is 1. The van der Waals surface area contributed by atoms with Crippen LogP contribution in [0.3, 0.4) is 0 Å². The van der Waals surface area contributed by atoms with Gasteiger partial charge in [-0.2, -0.15) is 10.4 Å². The highest BCUT2D eigenvalue weighted by atomic mass is 19.1. The molecule has 6 rings (SSSR count). The van der Waals surface area contributed by atoms with Gasteiger partial charge in [0.05, 0.1) is 17.5 Å². The van der Waals surface area contributed by atoms with E-state index in [1.807, 2.05) is 32.0 Å². The molecule has 0 unspecified atom stereocenters. The number of ether oxygens (including phenoxy) is 1. The minimum atomic E-state index is -0.543. The van der Waals surface area contributed by atoms with Crippen molar-refractivity contribution in [2.24, 2.45) is 0 Å². The number of benzene rings is 2. The maximum Gasteiger partial charge on any atom is 0.264 e. The molecule has 0 saturated carbocycles. The van der Waals surface area contributed by atoms with Crippen molar-refractivity contribution in [3.63, 3.8) is 0 Å². The van der Waals surface area contributed by atoms with Crippen LogP contribution in [0.2, 0.25) is 0 Å². The number of piperidine rings is 2. The molecule has 4 heterocycles. The number of aliphatic hydroxyl groups excluding tert-OH is 1. The molecule has 0 bridgehead atoms. The molecule has 0 aliphatic carbocycles. The SMILES string of the molecule is CC(C)(/C=C(\C#N)C(=O)N1CCC[C@@H](n2nc(-c3ccc(Oc4ccccc4)cc3F)c3c(N)ncnc32)C1)N1CCC(O)CC1. The third-order valence-electron chi connectivity index (χ3n) is 8.85. The van der Waals surface area contributed by atoms with Gasteiger partial charge in [0.15, 0.2) is 5.65 Å².